The zero-order chi connectivity index (χ0) is 40.7. The number of hydrogen-bond donors (Lipinski definition) is 2. The smallest absolute Gasteiger partial charge is 0.282 e. The number of ether oxygens (including phenoxy) is 1. The molecule has 15 nitrogen and oxygen atoms in total. The molecule has 1 aromatic heterocycles. The molecule has 58 heavy (non-hydrogen) atoms. The van der Waals surface area contributed by atoms with Crippen LogP contribution in [0.15, 0.2) is 82.2 Å². The Morgan fingerprint density at radius 3 is 2.38 bits per heavy atom. The summed E-state index contributed by atoms with van der Waals surface area (Å²) < 4.78 is 7.87. The van der Waals surface area contributed by atoms with E-state index in [0.29, 0.717) is 41.1 Å². The average molecular weight is 852 g/mol. The number of carbonyl (C=O) groups is 5. The Labute approximate surface area is 343 Å². The topological polar surface area (TPSA) is 166 Å². The highest BCUT2D eigenvalue weighted by molar-refractivity contribution is 9.10. The molecule has 3 atom stereocenters. The minimum absolute atomic E-state index is 0.0174. The van der Waals surface area contributed by atoms with E-state index < -0.39 is 29.7 Å². The van der Waals surface area contributed by atoms with E-state index in [1.165, 1.54) is 16.3 Å². The SMILES string of the molecule is CN1CC(Nc2cnn(C)c(=O)c2Br)CC(c2ccc(C(=O)N3CCN(Cc4ccc(Oc5cccc6c5C(=O)N(C5CCC(=O)NC5=O)C6=O)cc4)CC3)cc2)C1. The molecule has 0 bridgehead atoms. The summed E-state index contributed by atoms with van der Waals surface area (Å²) in [5.41, 5.74) is 3.63. The number of aryl methyl sites for hydroxylation is 1. The summed E-state index contributed by atoms with van der Waals surface area (Å²) in [6.07, 6.45) is 2.66. The maximum absolute atomic E-state index is 13.5. The molecular weight excluding hydrogens is 808 g/mol. The first-order valence-electron chi connectivity index (χ1n) is 19.3. The van der Waals surface area contributed by atoms with Crippen LogP contribution in [0.5, 0.6) is 11.5 Å². The number of halogens is 1. The number of nitrogens with zero attached hydrogens (tertiary/aromatic N) is 6. The number of likely N-dealkylation sites (tertiary alicyclic amines) is 1. The van der Waals surface area contributed by atoms with Gasteiger partial charge in [0, 0.05) is 70.9 Å². The molecule has 300 valence electrons. The minimum Gasteiger partial charge on any atom is -0.457 e. The van der Waals surface area contributed by atoms with Crippen molar-refractivity contribution in [1.82, 2.24) is 34.7 Å². The highest BCUT2D eigenvalue weighted by Gasteiger charge is 2.46. The molecule has 2 N–H and O–H groups in total. The Hall–Kier alpha value is -5.71. The largest absolute Gasteiger partial charge is 0.457 e. The van der Waals surface area contributed by atoms with Gasteiger partial charge in [-0.2, -0.15) is 5.10 Å². The van der Waals surface area contributed by atoms with E-state index in [1.807, 2.05) is 41.3 Å². The van der Waals surface area contributed by atoms with E-state index in [9.17, 15) is 28.8 Å². The molecule has 8 rings (SSSR count). The summed E-state index contributed by atoms with van der Waals surface area (Å²) in [7, 11) is 3.71. The molecule has 4 aliphatic heterocycles. The number of aromatic nitrogens is 2. The molecule has 3 fully saturated rings. The van der Waals surface area contributed by atoms with Gasteiger partial charge in [0.15, 0.2) is 0 Å². The van der Waals surface area contributed by atoms with Crippen LogP contribution in [0.3, 0.4) is 0 Å². The van der Waals surface area contributed by atoms with Crippen molar-refractivity contribution in [3.8, 4) is 11.5 Å². The van der Waals surface area contributed by atoms with Crippen LogP contribution < -0.4 is 20.9 Å². The lowest BCUT2D eigenvalue weighted by Gasteiger charge is -2.37. The number of anilines is 1. The van der Waals surface area contributed by atoms with Gasteiger partial charge in [-0.15, -0.1) is 0 Å². The van der Waals surface area contributed by atoms with Crippen molar-refractivity contribution in [2.75, 3.05) is 51.6 Å². The van der Waals surface area contributed by atoms with Gasteiger partial charge in [-0.25, -0.2) is 4.68 Å². The van der Waals surface area contributed by atoms with Gasteiger partial charge in [-0.05, 0) is 89.3 Å². The van der Waals surface area contributed by atoms with E-state index >= 15 is 0 Å². The van der Waals surface area contributed by atoms with Crippen molar-refractivity contribution in [3.63, 3.8) is 0 Å². The van der Waals surface area contributed by atoms with Crippen LogP contribution in [-0.2, 0) is 23.2 Å². The van der Waals surface area contributed by atoms with Crippen LogP contribution in [-0.4, -0.2) is 117 Å². The van der Waals surface area contributed by atoms with Gasteiger partial charge in [-0.1, -0.05) is 30.3 Å². The number of piperidine rings is 2. The van der Waals surface area contributed by atoms with E-state index in [0.717, 1.165) is 43.1 Å². The molecule has 16 heteroatoms. The number of rotatable bonds is 9. The molecule has 5 heterocycles. The maximum atomic E-state index is 13.5. The third-order valence-electron chi connectivity index (χ3n) is 11.3. The highest BCUT2D eigenvalue weighted by atomic mass is 79.9. The number of piperazine rings is 1. The van der Waals surface area contributed by atoms with Crippen LogP contribution in [0.4, 0.5) is 5.69 Å². The van der Waals surface area contributed by atoms with E-state index in [4.69, 9.17) is 4.74 Å². The predicted octanol–water partition coefficient (Wildman–Crippen LogP) is 3.59. The Morgan fingerprint density at radius 2 is 1.66 bits per heavy atom. The summed E-state index contributed by atoms with van der Waals surface area (Å²) in [6.45, 7) is 5.07. The lowest BCUT2D eigenvalue weighted by atomic mass is 9.87. The Balaban J connectivity index is 0.830. The van der Waals surface area contributed by atoms with Gasteiger partial charge in [0.2, 0.25) is 11.8 Å². The number of benzene rings is 3. The maximum Gasteiger partial charge on any atom is 0.282 e. The molecule has 0 spiro atoms. The van der Waals surface area contributed by atoms with Gasteiger partial charge in [-0.3, -0.25) is 43.9 Å². The quantitative estimate of drug-likeness (QED) is 0.237. The second kappa shape index (κ2) is 16.3. The number of hydrogen-bond acceptors (Lipinski definition) is 11. The first-order chi connectivity index (χ1) is 27.9. The standard InChI is InChI=1S/C42H43BrN8O7/c1-47-23-28(20-29(24-47)45-32-21-44-48(2)42(57)37(32)43)26-8-10-27(11-9-26)39(54)50-18-16-49(17-19-50)22-25-6-12-30(13-7-25)58-34-5-3-4-31-36(34)41(56)51(40(31)55)33-14-15-35(52)46-38(33)53/h3-13,21,28-29,33,45H,14-20,22-24H2,1-2H3,(H,46,52,53). The Morgan fingerprint density at radius 1 is 0.914 bits per heavy atom. The number of imide groups is 2. The lowest BCUT2D eigenvalue weighted by molar-refractivity contribution is -0.136. The van der Waals surface area contributed by atoms with E-state index in [-0.39, 0.29) is 53.1 Å². The molecule has 3 unspecified atom stereocenters. The predicted molar refractivity (Wildman–Crippen MR) is 217 cm³/mol. The van der Waals surface area contributed by atoms with Crippen LogP contribution in [0, 0.1) is 0 Å². The van der Waals surface area contributed by atoms with E-state index in [2.05, 4.69) is 60.6 Å². The monoisotopic (exact) mass is 850 g/mol. The molecule has 0 radical (unpaired) electrons. The summed E-state index contributed by atoms with van der Waals surface area (Å²) in [5, 5.41) is 9.87. The molecule has 3 aromatic carbocycles. The fourth-order valence-corrected chi connectivity index (χ4v) is 8.78. The van der Waals surface area contributed by atoms with Crippen molar-refractivity contribution < 1.29 is 28.7 Å². The molecule has 5 amide bonds. The van der Waals surface area contributed by atoms with E-state index in [1.54, 1.807) is 25.4 Å². The third-order valence-corrected chi connectivity index (χ3v) is 12.1. The second-order valence-corrected chi connectivity index (χ2v) is 16.2. The molecule has 4 aromatic rings. The highest BCUT2D eigenvalue weighted by Crippen LogP contribution is 2.36. The number of fused-ring (bicyclic) bond motifs is 1. The van der Waals surface area contributed by atoms with Gasteiger partial charge < -0.3 is 19.9 Å². The van der Waals surface area contributed by atoms with Crippen molar-refractivity contribution >= 4 is 51.2 Å². The average Bonchev–Trinajstić information content (AvgIpc) is 3.47. The number of amides is 5. The molecular formula is C42H43BrN8O7. The van der Waals surface area contributed by atoms with Crippen molar-refractivity contribution in [3.05, 3.63) is 116 Å². The van der Waals surface area contributed by atoms with Gasteiger partial charge in [0.05, 0.1) is 23.0 Å². The minimum atomic E-state index is -1.06. The molecule has 3 saturated heterocycles. The first kappa shape index (κ1) is 39.1. The Bertz CT molecular complexity index is 2340. The normalized spacial score (nSPS) is 21.5. The third kappa shape index (κ3) is 7.91. The fourth-order valence-electron chi connectivity index (χ4n) is 8.30. The lowest BCUT2D eigenvalue weighted by Crippen LogP contribution is -2.54. The van der Waals surface area contributed by atoms with Crippen molar-refractivity contribution in [2.24, 2.45) is 7.05 Å². The zero-order valence-electron chi connectivity index (χ0n) is 32.2. The van der Waals surface area contributed by atoms with Crippen LogP contribution in [0.1, 0.15) is 67.4 Å². The summed E-state index contributed by atoms with van der Waals surface area (Å²) in [5.74, 6) is -1.34. The van der Waals surface area contributed by atoms with Crippen molar-refractivity contribution in [1.29, 1.82) is 0 Å². The van der Waals surface area contributed by atoms with Crippen LogP contribution in [0.2, 0.25) is 0 Å². The van der Waals surface area contributed by atoms with Gasteiger partial charge in [0.1, 0.15) is 22.0 Å². The van der Waals surface area contributed by atoms with Crippen LogP contribution in [0.25, 0.3) is 0 Å². The first-order valence-corrected chi connectivity index (χ1v) is 20.1. The molecule has 4 aliphatic rings. The summed E-state index contributed by atoms with van der Waals surface area (Å²) in [6, 6.07) is 19.3. The Kier molecular flexibility index (Phi) is 11.0. The molecule has 0 saturated carbocycles. The van der Waals surface area contributed by atoms with Crippen LogP contribution >= 0.6 is 15.9 Å². The molecule has 0 aliphatic carbocycles. The van der Waals surface area contributed by atoms with Crippen molar-refractivity contribution in [2.45, 2.75) is 43.8 Å². The van der Waals surface area contributed by atoms with Gasteiger partial charge >= 0.3 is 0 Å². The summed E-state index contributed by atoms with van der Waals surface area (Å²) >= 11 is 3.42. The summed E-state index contributed by atoms with van der Waals surface area (Å²) in [4.78, 5) is 84.0. The number of carbonyl (C=O) groups excluding carboxylic acids is 5. The number of likely N-dealkylation sites (N-methyl/N-ethyl adjacent to an activating group) is 1. The second-order valence-electron chi connectivity index (χ2n) is 15.4. The zero-order valence-corrected chi connectivity index (χ0v) is 33.7. The fraction of sp³-hybridized carbons (Fsp3) is 0.357. The number of nitrogens with one attached hydrogen (secondary N) is 2. The van der Waals surface area contributed by atoms with Gasteiger partial charge in [0.25, 0.3) is 23.3 Å².